The normalized spacial score (nSPS) is 18.0. The number of imide groups is 1. The molecule has 4 amide bonds. The van der Waals surface area contributed by atoms with Gasteiger partial charge in [-0.3, -0.25) is 29.3 Å². The Labute approximate surface area is 387 Å². The fourth-order valence-corrected chi connectivity index (χ4v) is 9.50. The lowest BCUT2D eigenvalue weighted by Gasteiger charge is -2.42. The molecule has 0 bridgehead atoms. The number of aromatic nitrogens is 4. The average Bonchev–Trinajstić information content (AvgIpc) is 3.90. The van der Waals surface area contributed by atoms with Gasteiger partial charge in [0.2, 0.25) is 11.8 Å². The summed E-state index contributed by atoms with van der Waals surface area (Å²) in [5.74, 6) is -2.14. The number of likely N-dealkylation sites (tertiary alicyclic amines) is 1. The van der Waals surface area contributed by atoms with Crippen LogP contribution in [0.2, 0.25) is 0 Å². The highest BCUT2D eigenvalue weighted by Gasteiger charge is 2.42. The van der Waals surface area contributed by atoms with Gasteiger partial charge in [0.25, 0.3) is 5.56 Å². The van der Waals surface area contributed by atoms with Gasteiger partial charge in [-0.05, 0) is 82.0 Å². The molecule has 67 heavy (non-hydrogen) atoms. The molecule has 0 aliphatic carbocycles. The molecule has 354 valence electrons. The number of hydrogen-bond donors (Lipinski definition) is 5. The standard InChI is InChI=1S/C27H35FN6O5.C18H16F2N6OS/c1-31-20-16-21(19(28)15-18(20)24(30-31)34-9-3-22(35)29-25(34)37)32-10-5-26(38,6-11-32)17-23(36)33-12-7-27(8-13-33)4-2-14-39-27;1-3-26(2)28-25-12-5-4-11(19)17(10(12)8-21)24-14-7-6-13-15(16(14)20)18(27)23-9-22-13/h15-16,38H,2-14,17H2,1H3,(H,29,35,37);4-7,9,24-25H,3H2,1-2H3,(H,22,23,27). The number of halogens is 3. The summed E-state index contributed by atoms with van der Waals surface area (Å²) in [6.07, 6.45) is 5.95. The number of aliphatic hydroxyl groups is 1. The third-order valence-corrected chi connectivity index (χ3v) is 13.8. The Balaban J connectivity index is 0.000000192. The van der Waals surface area contributed by atoms with E-state index in [1.54, 1.807) is 17.8 Å². The summed E-state index contributed by atoms with van der Waals surface area (Å²) in [6.45, 7) is 5.82. The van der Waals surface area contributed by atoms with Gasteiger partial charge in [-0.2, -0.15) is 10.4 Å². The molecular weight excluding hydrogens is 894 g/mol. The van der Waals surface area contributed by atoms with Gasteiger partial charge < -0.3 is 34.7 Å². The smallest absolute Gasteiger partial charge is 0.329 e. The highest BCUT2D eigenvalue weighted by Crippen LogP contribution is 2.39. The number of benzene rings is 3. The number of urea groups is 1. The molecule has 4 aliphatic heterocycles. The Morgan fingerprint density at radius 1 is 1.01 bits per heavy atom. The minimum atomic E-state index is -1.12. The number of anilines is 5. The minimum Gasteiger partial charge on any atom is -0.389 e. The second-order valence-electron chi connectivity index (χ2n) is 17.2. The average molecular weight is 945 g/mol. The predicted molar refractivity (Wildman–Crippen MR) is 247 cm³/mol. The van der Waals surface area contributed by atoms with Gasteiger partial charge in [0.15, 0.2) is 11.6 Å². The Hall–Kier alpha value is -6.41. The van der Waals surface area contributed by atoms with Crippen molar-refractivity contribution in [1.29, 1.82) is 5.26 Å². The molecule has 22 heteroatoms. The van der Waals surface area contributed by atoms with Crippen LogP contribution in [0.15, 0.2) is 47.5 Å². The molecule has 0 saturated carbocycles. The van der Waals surface area contributed by atoms with Crippen LogP contribution in [0.25, 0.3) is 21.8 Å². The number of ether oxygens (including phenoxy) is 1. The van der Waals surface area contributed by atoms with Crippen molar-refractivity contribution < 1.29 is 37.4 Å². The van der Waals surface area contributed by atoms with Crippen LogP contribution in [0.5, 0.6) is 0 Å². The summed E-state index contributed by atoms with van der Waals surface area (Å²) in [4.78, 5) is 60.1. The molecule has 2 aromatic heterocycles. The molecule has 0 radical (unpaired) electrons. The van der Waals surface area contributed by atoms with E-state index in [1.807, 2.05) is 34.1 Å². The number of carbonyl (C=O) groups excluding carboxylic acids is 3. The first-order chi connectivity index (χ1) is 32.1. The van der Waals surface area contributed by atoms with Crippen molar-refractivity contribution in [3.63, 3.8) is 0 Å². The summed E-state index contributed by atoms with van der Waals surface area (Å²) < 4.78 is 57.1. The van der Waals surface area contributed by atoms with Crippen LogP contribution in [-0.4, -0.2) is 116 Å². The number of fused-ring (bicyclic) bond motifs is 2. The van der Waals surface area contributed by atoms with Crippen molar-refractivity contribution in [2.45, 2.75) is 69.5 Å². The fourth-order valence-electron chi connectivity index (χ4n) is 8.95. The summed E-state index contributed by atoms with van der Waals surface area (Å²) in [5, 5.41) is 30.3. The quantitative estimate of drug-likeness (QED) is 0.105. The van der Waals surface area contributed by atoms with Crippen LogP contribution in [0.3, 0.4) is 0 Å². The lowest BCUT2D eigenvalue weighted by atomic mass is 9.85. The zero-order valence-electron chi connectivity index (χ0n) is 37.3. The fraction of sp³-hybridized carbons (Fsp3) is 0.444. The molecule has 6 heterocycles. The van der Waals surface area contributed by atoms with Crippen molar-refractivity contribution in [2.24, 2.45) is 7.05 Å². The number of nitrogens with one attached hydrogen (secondary N) is 4. The summed E-state index contributed by atoms with van der Waals surface area (Å²) >= 11 is 1.24. The molecule has 9 rings (SSSR count). The lowest BCUT2D eigenvalue weighted by molar-refractivity contribution is -0.142. The maximum Gasteiger partial charge on any atom is 0.329 e. The molecule has 5 aromatic rings. The van der Waals surface area contributed by atoms with Gasteiger partial charge in [-0.1, -0.05) is 6.92 Å². The number of H-pyrrole nitrogens is 1. The Bertz CT molecular complexity index is 2810. The van der Waals surface area contributed by atoms with Crippen molar-refractivity contribution >= 4 is 80.4 Å². The summed E-state index contributed by atoms with van der Waals surface area (Å²) in [5.41, 5.74) is -0.595. The molecule has 4 aliphatic rings. The Morgan fingerprint density at radius 2 is 1.76 bits per heavy atom. The number of aryl methyl sites for hydroxylation is 1. The zero-order chi connectivity index (χ0) is 47.6. The SMILES string of the molecule is CCN(C)SNc1ccc(F)c(Nc2ccc3nc[nH]c(=O)c3c2F)c1C#N.Cn1nc(N2CCC(=O)NC2=O)c2cc(F)c(N3CCC(O)(CC(=O)N4CCC5(CCCO5)CC4)CC3)cc21. The maximum absolute atomic E-state index is 15.4. The van der Waals surface area contributed by atoms with E-state index in [1.165, 1.54) is 53.7 Å². The number of amides is 4. The molecule has 4 fully saturated rings. The van der Waals surface area contributed by atoms with E-state index in [4.69, 9.17) is 4.74 Å². The van der Waals surface area contributed by atoms with E-state index >= 15 is 4.39 Å². The molecule has 1 spiro atoms. The molecule has 4 saturated heterocycles. The number of hydrogen-bond acceptors (Lipinski definition) is 14. The van der Waals surface area contributed by atoms with Gasteiger partial charge in [-0.15, -0.1) is 0 Å². The number of aromatic amines is 1. The Kier molecular flexibility index (Phi) is 13.7. The molecule has 5 N–H and O–H groups in total. The van der Waals surface area contributed by atoms with Crippen LogP contribution >= 0.6 is 12.1 Å². The van der Waals surface area contributed by atoms with E-state index in [0.717, 1.165) is 38.8 Å². The van der Waals surface area contributed by atoms with Crippen molar-refractivity contribution in [1.82, 2.24) is 34.3 Å². The number of nitriles is 1. The number of piperidine rings is 2. The molecule has 0 unspecified atom stereocenters. The number of rotatable bonds is 10. The topological polar surface area (TPSA) is 217 Å². The monoisotopic (exact) mass is 944 g/mol. The minimum absolute atomic E-state index is 0.0170. The van der Waals surface area contributed by atoms with Gasteiger partial charge >= 0.3 is 6.03 Å². The van der Waals surface area contributed by atoms with Crippen molar-refractivity contribution in [2.75, 3.05) is 72.8 Å². The van der Waals surface area contributed by atoms with Gasteiger partial charge in [0.05, 0.1) is 57.7 Å². The van der Waals surface area contributed by atoms with Gasteiger partial charge in [0, 0.05) is 76.9 Å². The van der Waals surface area contributed by atoms with Crippen LogP contribution in [-0.2, 0) is 21.4 Å². The number of nitrogens with zero attached hydrogens (tertiary/aromatic N) is 8. The van der Waals surface area contributed by atoms with E-state index in [9.17, 15) is 38.3 Å². The summed E-state index contributed by atoms with van der Waals surface area (Å²) in [7, 11) is 3.57. The largest absolute Gasteiger partial charge is 0.389 e. The first-order valence-electron chi connectivity index (χ1n) is 22.1. The van der Waals surface area contributed by atoms with E-state index in [-0.39, 0.29) is 64.6 Å². The second-order valence-corrected chi connectivity index (χ2v) is 18.2. The molecule has 18 nitrogen and oxygen atoms in total. The predicted octanol–water partition coefficient (Wildman–Crippen LogP) is 5.80. The van der Waals surface area contributed by atoms with Gasteiger partial charge in [0.1, 0.15) is 28.7 Å². The first-order valence-corrected chi connectivity index (χ1v) is 22.8. The summed E-state index contributed by atoms with van der Waals surface area (Å²) in [6, 6.07) is 9.82. The third-order valence-electron chi connectivity index (χ3n) is 13.0. The molecular formula is C45H51F3N12O6S. The van der Waals surface area contributed by atoms with Crippen LogP contribution in [0.1, 0.15) is 63.9 Å². The van der Waals surface area contributed by atoms with Gasteiger partial charge in [-0.25, -0.2) is 27.3 Å². The van der Waals surface area contributed by atoms with Crippen molar-refractivity contribution in [3.05, 3.63) is 76.1 Å². The first kappa shape index (κ1) is 47.1. The van der Waals surface area contributed by atoms with E-state index in [2.05, 4.69) is 30.4 Å². The second kappa shape index (κ2) is 19.4. The van der Waals surface area contributed by atoms with Crippen molar-refractivity contribution in [3.8, 4) is 6.07 Å². The van der Waals surface area contributed by atoms with Crippen LogP contribution < -0.4 is 30.7 Å². The van der Waals surface area contributed by atoms with Crippen LogP contribution in [0, 0.1) is 28.8 Å². The maximum atomic E-state index is 15.4. The lowest BCUT2D eigenvalue weighted by Crippen LogP contribution is -2.51. The highest BCUT2D eigenvalue weighted by molar-refractivity contribution is 7.98. The third kappa shape index (κ3) is 9.86. The molecule has 3 aromatic carbocycles. The van der Waals surface area contributed by atoms with Crippen LogP contribution in [0.4, 0.5) is 46.5 Å². The zero-order valence-corrected chi connectivity index (χ0v) is 38.1. The molecule has 0 atom stereocenters. The Morgan fingerprint density at radius 3 is 2.45 bits per heavy atom. The van der Waals surface area contributed by atoms with E-state index < -0.39 is 34.6 Å². The highest BCUT2D eigenvalue weighted by atomic mass is 32.2. The number of carbonyl (C=O) groups is 3. The van der Waals surface area contributed by atoms with E-state index in [0.29, 0.717) is 67.1 Å².